The number of carboxylic acid groups (broad SMARTS) is 1. The molecule has 2 aromatic rings. The number of aliphatic carboxylic acids is 1. The summed E-state index contributed by atoms with van der Waals surface area (Å²) in [7, 11) is 0. The maximum Gasteiger partial charge on any atom is 0.310 e. The second-order valence-corrected chi connectivity index (χ2v) is 3.28. The van der Waals surface area contributed by atoms with E-state index in [9.17, 15) is 4.79 Å². The minimum atomic E-state index is -0.816. The quantitative estimate of drug-likeness (QED) is 0.758. The fraction of sp³-hybridized carbons (Fsp3) is 0.200. The Kier molecular flexibility index (Phi) is 1.96. The van der Waals surface area contributed by atoms with Gasteiger partial charge in [0, 0.05) is 5.39 Å². The van der Waals surface area contributed by atoms with Crippen LogP contribution in [0.4, 0.5) is 0 Å². The second kappa shape index (κ2) is 3.14. The van der Waals surface area contributed by atoms with E-state index in [-0.39, 0.29) is 0 Å². The molecule has 0 aliphatic carbocycles. The van der Waals surface area contributed by atoms with E-state index >= 15 is 0 Å². The maximum absolute atomic E-state index is 10.7. The molecule has 4 nitrogen and oxygen atoms in total. The Morgan fingerprint density at radius 3 is 3.07 bits per heavy atom. The van der Waals surface area contributed by atoms with Crippen LogP contribution in [-0.4, -0.2) is 21.3 Å². The zero-order chi connectivity index (χ0) is 10.1. The molecule has 0 fully saturated rings. The normalized spacial score (nSPS) is 12.9. The van der Waals surface area contributed by atoms with E-state index in [2.05, 4.69) is 10.2 Å². The van der Waals surface area contributed by atoms with Crippen LogP contribution in [0.1, 0.15) is 18.4 Å². The van der Waals surface area contributed by atoms with Crippen LogP contribution in [0.5, 0.6) is 0 Å². The van der Waals surface area contributed by atoms with Gasteiger partial charge in [-0.25, -0.2) is 0 Å². The average molecular weight is 190 g/mol. The number of H-pyrrole nitrogens is 1. The molecule has 2 N–H and O–H groups in total. The summed E-state index contributed by atoms with van der Waals surface area (Å²) in [5.41, 5.74) is 1.66. The number of nitrogens with zero attached hydrogens (tertiary/aromatic N) is 1. The first-order chi connectivity index (χ1) is 6.68. The highest BCUT2D eigenvalue weighted by Crippen LogP contribution is 2.19. The maximum atomic E-state index is 10.7. The third-order valence-corrected chi connectivity index (χ3v) is 2.34. The highest BCUT2D eigenvalue weighted by molar-refractivity contribution is 5.82. The van der Waals surface area contributed by atoms with Crippen LogP contribution in [0.15, 0.2) is 24.4 Å². The van der Waals surface area contributed by atoms with Crippen molar-refractivity contribution in [3.63, 3.8) is 0 Å². The van der Waals surface area contributed by atoms with Crippen LogP contribution in [0, 0.1) is 0 Å². The van der Waals surface area contributed by atoms with Crippen LogP contribution in [-0.2, 0) is 4.79 Å². The number of rotatable bonds is 2. The van der Waals surface area contributed by atoms with Crippen molar-refractivity contribution in [2.24, 2.45) is 0 Å². The molecule has 1 aromatic carbocycles. The summed E-state index contributed by atoms with van der Waals surface area (Å²) >= 11 is 0. The minimum Gasteiger partial charge on any atom is -0.481 e. The van der Waals surface area contributed by atoms with Gasteiger partial charge in [0.2, 0.25) is 0 Å². The van der Waals surface area contributed by atoms with Gasteiger partial charge in [-0.1, -0.05) is 12.1 Å². The number of benzene rings is 1. The molecule has 0 bridgehead atoms. The van der Waals surface area contributed by atoms with Crippen molar-refractivity contribution in [2.75, 3.05) is 0 Å². The topological polar surface area (TPSA) is 66.0 Å². The van der Waals surface area contributed by atoms with Gasteiger partial charge in [0.15, 0.2) is 0 Å². The van der Waals surface area contributed by atoms with Gasteiger partial charge < -0.3 is 5.11 Å². The number of nitrogens with one attached hydrogen (secondary N) is 1. The molecule has 72 valence electrons. The third kappa shape index (κ3) is 1.35. The van der Waals surface area contributed by atoms with Crippen LogP contribution in [0.2, 0.25) is 0 Å². The number of hydrogen-bond acceptors (Lipinski definition) is 2. The molecule has 0 saturated carbocycles. The van der Waals surface area contributed by atoms with E-state index in [1.165, 1.54) is 0 Å². The lowest BCUT2D eigenvalue weighted by atomic mass is 10.0. The van der Waals surface area contributed by atoms with Gasteiger partial charge in [-0.2, -0.15) is 5.10 Å². The van der Waals surface area contributed by atoms with E-state index in [0.29, 0.717) is 0 Å². The summed E-state index contributed by atoms with van der Waals surface area (Å²) in [4.78, 5) is 10.7. The Hall–Kier alpha value is -1.84. The van der Waals surface area contributed by atoms with Crippen molar-refractivity contribution in [3.8, 4) is 0 Å². The summed E-state index contributed by atoms with van der Waals surface area (Å²) in [6.07, 6.45) is 1.71. The van der Waals surface area contributed by atoms with Crippen molar-refractivity contribution in [1.29, 1.82) is 0 Å². The minimum absolute atomic E-state index is 0.484. The molecule has 0 aliphatic rings. The highest BCUT2D eigenvalue weighted by Gasteiger charge is 2.13. The first kappa shape index (κ1) is 8.74. The Balaban J connectivity index is 2.48. The van der Waals surface area contributed by atoms with Crippen molar-refractivity contribution >= 4 is 16.9 Å². The van der Waals surface area contributed by atoms with E-state index in [0.717, 1.165) is 16.5 Å². The van der Waals surface area contributed by atoms with Gasteiger partial charge in [-0.3, -0.25) is 9.89 Å². The van der Waals surface area contributed by atoms with Crippen LogP contribution in [0.25, 0.3) is 10.9 Å². The molecule has 0 spiro atoms. The molecule has 0 amide bonds. The zero-order valence-electron chi connectivity index (χ0n) is 7.69. The number of hydrogen-bond donors (Lipinski definition) is 2. The lowest BCUT2D eigenvalue weighted by molar-refractivity contribution is -0.138. The Labute approximate surface area is 80.6 Å². The fourth-order valence-corrected chi connectivity index (χ4v) is 1.37. The zero-order valence-corrected chi connectivity index (χ0v) is 7.69. The molecule has 0 aliphatic heterocycles. The molecule has 0 radical (unpaired) electrons. The molecular formula is C10H10N2O2. The number of aromatic nitrogens is 2. The SMILES string of the molecule is CC(C(=O)O)c1ccc2cn[nH]c2c1. The standard InChI is InChI=1S/C10H10N2O2/c1-6(10(13)14)7-2-3-8-5-11-12-9(8)4-7/h2-6H,1H3,(H,11,12)(H,13,14). The molecule has 1 unspecified atom stereocenters. The van der Waals surface area contributed by atoms with E-state index < -0.39 is 11.9 Å². The first-order valence-corrected chi connectivity index (χ1v) is 4.34. The van der Waals surface area contributed by atoms with Crippen molar-refractivity contribution in [3.05, 3.63) is 30.0 Å². The number of carbonyl (C=O) groups is 1. The number of carboxylic acids is 1. The van der Waals surface area contributed by atoms with E-state index in [4.69, 9.17) is 5.11 Å². The van der Waals surface area contributed by atoms with Gasteiger partial charge >= 0.3 is 5.97 Å². The molecule has 14 heavy (non-hydrogen) atoms. The number of aromatic amines is 1. The average Bonchev–Trinajstić information content (AvgIpc) is 2.62. The predicted octanol–water partition coefficient (Wildman–Crippen LogP) is 1.75. The highest BCUT2D eigenvalue weighted by atomic mass is 16.4. The Morgan fingerprint density at radius 2 is 2.36 bits per heavy atom. The van der Waals surface area contributed by atoms with Gasteiger partial charge in [0.05, 0.1) is 17.6 Å². The molecule has 4 heteroatoms. The van der Waals surface area contributed by atoms with Crippen LogP contribution in [0.3, 0.4) is 0 Å². The molecule has 1 heterocycles. The summed E-state index contributed by atoms with van der Waals surface area (Å²) in [6, 6.07) is 5.51. The molecule has 2 rings (SSSR count). The third-order valence-electron chi connectivity index (χ3n) is 2.34. The van der Waals surface area contributed by atoms with E-state index in [1.54, 1.807) is 13.1 Å². The monoisotopic (exact) mass is 190 g/mol. The summed E-state index contributed by atoms with van der Waals surface area (Å²) in [5.74, 6) is -1.30. The van der Waals surface area contributed by atoms with E-state index in [1.807, 2.05) is 18.2 Å². The molecule has 0 saturated heterocycles. The first-order valence-electron chi connectivity index (χ1n) is 4.34. The van der Waals surface area contributed by atoms with Gasteiger partial charge in [-0.15, -0.1) is 0 Å². The summed E-state index contributed by atoms with van der Waals surface area (Å²) in [6.45, 7) is 1.67. The lowest BCUT2D eigenvalue weighted by Crippen LogP contribution is -2.06. The summed E-state index contributed by atoms with van der Waals surface area (Å²) in [5, 5.41) is 16.5. The van der Waals surface area contributed by atoms with Gasteiger partial charge in [0.1, 0.15) is 0 Å². The van der Waals surface area contributed by atoms with Crippen molar-refractivity contribution in [2.45, 2.75) is 12.8 Å². The number of fused-ring (bicyclic) bond motifs is 1. The Bertz CT molecular complexity index is 476. The van der Waals surface area contributed by atoms with Crippen molar-refractivity contribution in [1.82, 2.24) is 10.2 Å². The van der Waals surface area contributed by atoms with Crippen LogP contribution >= 0.6 is 0 Å². The largest absolute Gasteiger partial charge is 0.481 e. The summed E-state index contributed by atoms with van der Waals surface area (Å²) < 4.78 is 0. The predicted molar refractivity (Wildman–Crippen MR) is 52.1 cm³/mol. The van der Waals surface area contributed by atoms with Gasteiger partial charge in [0.25, 0.3) is 0 Å². The smallest absolute Gasteiger partial charge is 0.310 e. The van der Waals surface area contributed by atoms with Crippen molar-refractivity contribution < 1.29 is 9.90 Å². The Morgan fingerprint density at radius 1 is 1.57 bits per heavy atom. The molecule has 1 atom stereocenters. The second-order valence-electron chi connectivity index (χ2n) is 3.28. The van der Waals surface area contributed by atoms with Crippen LogP contribution < -0.4 is 0 Å². The lowest BCUT2D eigenvalue weighted by Gasteiger charge is -2.05. The molecule has 1 aromatic heterocycles. The molecular weight excluding hydrogens is 180 g/mol. The fourth-order valence-electron chi connectivity index (χ4n) is 1.37. The van der Waals surface area contributed by atoms with Gasteiger partial charge in [-0.05, 0) is 18.6 Å².